The first-order chi connectivity index (χ1) is 32.0. The lowest BCUT2D eigenvalue weighted by molar-refractivity contribution is -0.388. The topological polar surface area (TPSA) is 374 Å². The molecule has 5 atom stereocenters. The number of nitrogens with zero attached hydrogens (tertiary/aromatic N) is 4. The van der Waals surface area contributed by atoms with Gasteiger partial charge in [0.1, 0.15) is 12.1 Å². The van der Waals surface area contributed by atoms with Crippen LogP contribution in [0, 0.1) is 26.1 Å². The number of ether oxygens (including phenoxy) is 2. The number of unbranched alkanes of at least 4 members (excludes halogenated alkanes) is 3. The van der Waals surface area contributed by atoms with Gasteiger partial charge in [0.25, 0.3) is 0 Å². The minimum Gasteiger partial charge on any atom is -0.480 e. The number of pyridine rings is 2. The van der Waals surface area contributed by atoms with E-state index in [1.807, 2.05) is 6.92 Å². The second kappa shape index (κ2) is 33.3. The smallest absolute Gasteiger partial charge is 0.407 e. The number of nitrogens with two attached hydrogens (primary N) is 2. The van der Waals surface area contributed by atoms with Crippen LogP contribution in [-0.4, -0.2) is 128 Å². The number of nitrogens with one attached hydrogen (secondary N) is 4. The van der Waals surface area contributed by atoms with Crippen molar-refractivity contribution in [1.82, 2.24) is 31.2 Å². The second-order valence-corrected chi connectivity index (χ2v) is 19.4. The lowest BCUT2D eigenvalue weighted by Crippen LogP contribution is -2.43. The van der Waals surface area contributed by atoms with Gasteiger partial charge in [-0.25, -0.2) is 29.1 Å². The summed E-state index contributed by atoms with van der Waals surface area (Å²) in [5.74, 6) is -2.75. The first-order valence-corrected chi connectivity index (χ1v) is 25.8. The average Bonchev–Trinajstić information content (AvgIpc) is 3.29. The maximum Gasteiger partial charge on any atom is 0.407 e. The van der Waals surface area contributed by atoms with Crippen molar-refractivity contribution in [1.29, 1.82) is 0 Å². The van der Waals surface area contributed by atoms with Crippen molar-refractivity contribution in [3.05, 3.63) is 56.9 Å². The Morgan fingerprint density at radius 2 is 1.06 bits per heavy atom. The second-order valence-electron chi connectivity index (χ2n) is 14.8. The highest BCUT2D eigenvalue weighted by Gasteiger charge is 2.23. The molecular formula is C39H58N10O14S4. The van der Waals surface area contributed by atoms with Gasteiger partial charge in [-0.05, 0) is 104 Å². The molecule has 2 aromatic heterocycles. The van der Waals surface area contributed by atoms with E-state index >= 15 is 0 Å². The number of carbonyl (C=O) groups is 6. The van der Waals surface area contributed by atoms with Crippen LogP contribution in [0.1, 0.15) is 77.6 Å². The number of carboxylic acid groups (broad SMARTS) is 2. The Balaban J connectivity index is 1.50. The molecule has 2 aromatic rings. The fourth-order valence-corrected chi connectivity index (χ4v) is 10.0. The minimum atomic E-state index is -1.23. The van der Waals surface area contributed by atoms with Gasteiger partial charge in [0, 0.05) is 49.1 Å². The molecule has 0 aromatic carbocycles. The predicted molar refractivity (Wildman–Crippen MR) is 252 cm³/mol. The quantitative estimate of drug-likeness (QED) is 0.0202. The van der Waals surface area contributed by atoms with Crippen molar-refractivity contribution in [3.8, 4) is 0 Å². The van der Waals surface area contributed by atoms with Crippen LogP contribution in [0.5, 0.6) is 0 Å². The van der Waals surface area contributed by atoms with Gasteiger partial charge in [0.15, 0.2) is 10.1 Å². The summed E-state index contributed by atoms with van der Waals surface area (Å²) in [4.78, 5) is 102. The molecule has 67 heavy (non-hydrogen) atoms. The number of rotatable bonds is 35. The van der Waals surface area contributed by atoms with E-state index in [9.17, 15) is 59.2 Å². The van der Waals surface area contributed by atoms with Crippen LogP contribution in [0.25, 0.3) is 0 Å². The van der Waals surface area contributed by atoms with Crippen molar-refractivity contribution in [3.63, 3.8) is 0 Å². The predicted octanol–water partition coefficient (Wildman–Crippen LogP) is 4.65. The molecule has 2 rings (SSSR count). The number of amides is 4. The van der Waals surface area contributed by atoms with Gasteiger partial charge in [-0.2, -0.15) is 0 Å². The van der Waals surface area contributed by atoms with Gasteiger partial charge in [-0.1, -0.05) is 34.9 Å². The Morgan fingerprint density at radius 3 is 1.48 bits per heavy atom. The molecule has 28 heteroatoms. The van der Waals surface area contributed by atoms with Gasteiger partial charge in [-0.15, -0.1) is 0 Å². The molecule has 2 heterocycles. The van der Waals surface area contributed by atoms with E-state index in [1.165, 1.54) is 36.7 Å². The molecular weight excluding hydrogens is 961 g/mol. The zero-order chi connectivity index (χ0) is 49.6. The number of hydrogen-bond donors (Lipinski definition) is 8. The summed E-state index contributed by atoms with van der Waals surface area (Å²) < 4.78 is 10.3. The molecule has 0 saturated carbocycles. The third-order valence-electron chi connectivity index (χ3n) is 9.36. The summed E-state index contributed by atoms with van der Waals surface area (Å²) in [5, 5.41) is 51.8. The molecule has 0 fully saturated rings. The molecule has 0 saturated heterocycles. The number of alkyl carbamates (subject to hydrolysis) is 2. The number of aromatic nitrogens is 2. The number of aliphatic carboxylic acids is 2. The average molecular weight is 1020 g/mol. The van der Waals surface area contributed by atoms with Crippen LogP contribution in [-0.2, 0) is 28.7 Å². The van der Waals surface area contributed by atoms with Crippen LogP contribution in [0.15, 0.2) is 46.7 Å². The van der Waals surface area contributed by atoms with Crippen LogP contribution in [0.4, 0.5) is 21.0 Å². The molecule has 0 aliphatic rings. The van der Waals surface area contributed by atoms with Crippen molar-refractivity contribution in [2.24, 2.45) is 17.4 Å². The highest BCUT2D eigenvalue weighted by molar-refractivity contribution is 8.77. The number of nitro groups is 2. The highest BCUT2D eigenvalue weighted by atomic mass is 33.1. The molecule has 24 nitrogen and oxygen atoms in total. The van der Waals surface area contributed by atoms with Gasteiger partial charge < -0.3 is 52.4 Å². The normalized spacial score (nSPS) is 13.2. The lowest BCUT2D eigenvalue weighted by atomic mass is 9.99. The maximum atomic E-state index is 12.3. The summed E-state index contributed by atoms with van der Waals surface area (Å²) in [6.07, 6.45) is 6.19. The fourth-order valence-electron chi connectivity index (χ4n) is 5.66. The van der Waals surface area contributed by atoms with Crippen molar-refractivity contribution in [2.45, 2.75) is 112 Å². The largest absolute Gasteiger partial charge is 0.480 e. The van der Waals surface area contributed by atoms with E-state index in [0.29, 0.717) is 51.4 Å². The summed E-state index contributed by atoms with van der Waals surface area (Å²) in [6, 6.07) is 1.41. The van der Waals surface area contributed by atoms with Crippen LogP contribution in [0.3, 0.4) is 0 Å². The van der Waals surface area contributed by atoms with E-state index in [0.717, 1.165) is 49.6 Å². The molecule has 0 bridgehead atoms. The van der Waals surface area contributed by atoms with Gasteiger partial charge in [0.05, 0.1) is 35.1 Å². The van der Waals surface area contributed by atoms with E-state index in [1.54, 1.807) is 0 Å². The number of hydrogen-bond acceptors (Lipinski definition) is 20. The molecule has 0 aliphatic carbocycles. The number of carbonyl (C=O) groups excluding carboxylic acids is 4. The number of carboxylic acids is 2. The molecule has 0 spiro atoms. The highest BCUT2D eigenvalue weighted by Crippen LogP contribution is 2.36. The van der Waals surface area contributed by atoms with E-state index < -0.39 is 70.0 Å². The summed E-state index contributed by atoms with van der Waals surface area (Å²) in [7, 11) is 4.39. The summed E-state index contributed by atoms with van der Waals surface area (Å²) >= 11 is 0. The van der Waals surface area contributed by atoms with Crippen molar-refractivity contribution < 1.29 is 58.3 Å². The Labute approximate surface area is 402 Å². The Hall–Kier alpha value is -5.16. The minimum absolute atomic E-state index is 0.0743. The van der Waals surface area contributed by atoms with Crippen LogP contribution in [0.2, 0.25) is 0 Å². The van der Waals surface area contributed by atoms with Gasteiger partial charge in [-0.3, -0.25) is 29.8 Å². The van der Waals surface area contributed by atoms with Crippen molar-refractivity contribution >= 4 is 90.5 Å². The van der Waals surface area contributed by atoms with Gasteiger partial charge in [0.2, 0.25) is 11.8 Å². The molecule has 372 valence electrons. The SMILES string of the molecule is CC(CCCCOC(=O)NC(CCCCNC(=O)C(N)CSSc1ncccc1[N+](=O)[O-])C(=O)O)CCCOC(=O)NC(CCCCNC(=O)C(N)CSSc1ncccc1[N+](=O)[O-])C(=O)O. The van der Waals surface area contributed by atoms with Gasteiger partial charge >= 0.3 is 35.5 Å². The third kappa shape index (κ3) is 25.0. The van der Waals surface area contributed by atoms with Crippen LogP contribution >= 0.6 is 43.2 Å². The maximum absolute atomic E-state index is 12.3. The molecule has 0 aliphatic heterocycles. The zero-order valence-corrected chi connectivity index (χ0v) is 40.0. The lowest BCUT2D eigenvalue weighted by Gasteiger charge is -2.16. The Bertz CT molecular complexity index is 1930. The van der Waals surface area contributed by atoms with Crippen LogP contribution < -0.4 is 32.7 Å². The molecule has 10 N–H and O–H groups in total. The third-order valence-corrected chi connectivity index (χ3v) is 14.0. The zero-order valence-electron chi connectivity index (χ0n) is 36.7. The standard InChI is InChI=1S/C39H58N10O14S4/c1-25(12-10-22-63-39(57)47-29(37(54)55)14-3-6-18-43-33(51)27(41)24-65-67-35-31(49(60)61)16-9-20-45-35)11-4-7-21-62-38(56)46-28(36(52)53)13-2-5-17-42-32(50)26(40)23-64-66-34-30(48(58)59)15-8-19-44-34/h8-9,15-16,19-20,25-29H,2-7,10-14,17-18,21-24,40-41H2,1H3,(H,42,50)(H,43,51)(H,46,56)(H,47,57)(H,52,53)(H,54,55). The fraction of sp³-hybridized carbons (Fsp3) is 0.590. The van der Waals surface area contributed by atoms with E-state index in [4.69, 9.17) is 20.9 Å². The molecule has 0 radical (unpaired) electrons. The molecule has 5 unspecified atom stereocenters. The summed E-state index contributed by atoms with van der Waals surface area (Å²) in [6.45, 7) is 2.61. The molecule has 4 amide bonds. The Kier molecular flexibility index (Phi) is 28.8. The van der Waals surface area contributed by atoms with E-state index in [-0.39, 0.29) is 78.0 Å². The van der Waals surface area contributed by atoms with Crippen molar-refractivity contribution in [2.75, 3.05) is 37.8 Å². The first-order valence-electron chi connectivity index (χ1n) is 21.2. The summed E-state index contributed by atoms with van der Waals surface area (Å²) in [5.41, 5.74) is 11.5. The Morgan fingerprint density at radius 1 is 0.657 bits per heavy atom. The monoisotopic (exact) mass is 1020 g/mol. The first kappa shape index (κ1) is 58.0. The van der Waals surface area contributed by atoms with E-state index in [2.05, 4.69) is 31.2 Å².